The van der Waals surface area contributed by atoms with Gasteiger partial charge in [0, 0.05) is 0 Å². The predicted octanol–water partition coefficient (Wildman–Crippen LogP) is 3.49. The van der Waals surface area contributed by atoms with Crippen molar-refractivity contribution >= 4 is 0 Å². The lowest BCUT2D eigenvalue weighted by Gasteiger charge is -2.26. The quantitative estimate of drug-likeness (QED) is 0.218. The molecule has 1 saturated heterocycles. The molecule has 0 aromatic heterocycles. The monoisotopic (exact) mass is 373 g/mol. The van der Waals surface area contributed by atoms with Gasteiger partial charge in [-0.25, -0.2) is 0 Å². The summed E-state index contributed by atoms with van der Waals surface area (Å²) in [6, 6.07) is -0.530. The summed E-state index contributed by atoms with van der Waals surface area (Å²) in [5, 5.41) is 32.8. The minimum Gasteiger partial charge on any atom is -0.395 e. The molecule has 5 heteroatoms. The Kier molecular flexibility index (Phi) is 13.6. The van der Waals surface area contributed by atoms with Gasteiger partial charge in [-0.1, -0.05) is 84.0 Å². The molecule has 0 amide bonds. The van der Waals surface area contributed by atoms with Gasteiger partial charge in [-0.3, -0.25) is 5.32 Å². The average molecular weight is 374 g/mol. The Morgan fingerprint density at radius 3 is 1.73 bits per heavy atom. The Hall–Kier alpha value is -0.200. The summed E-state index contributed by atoms with van der Waals surface area (Å²) < 4.78 is 5.24. The van der Waals surface area contributed by atoms with Crippen LogP contribution < -0.4 is 5.32 Å². The third-order valence-electron chi connectivity index (χ3n) is 5.45. The molecular formula is C21H43NO4. The number of epoxide rings is 1. The van der Waals surface area contributed by atoms with E-state index in [0.717, 1.165) is 12.8 Å². The maximum atomic E-state index is 10.2. The van der Waals surface area contributed by atoms with Crippen LogP contribution in [0.4, 0.5) is 0 Å². The van der Waals surface area contributed by atoms with E-state index in [1.807, 2.05) is 6.92 Å². The lowest BCUT2D eigenvalue weighted by molar-refractivity contribution is -0.0237. The first-order valence-electron chi connectivity index (χ1n) is 11.0. The molecule has 0 aliphatic carbocycles. The van der Waals surface area contributed by atoms with E-state index in [9.17, 15) is 15.3 Å². The summed E-state index contributed by atoms with van der Waals surface area (Å²) in [5.41, 5.74) is 0. The molecule has 3 unspecified atom stereocenters. The normalized spacial score (nSPS) is 23.0. The molecule has 1 fully saturated rings. The fourth-order valence-corrected chi connectivity index (χ4v) is 3.46. The predicted molar refractivity (Wildman–Crippen MR) is 106 cm³/mol. The third-order valence-corrected chi connectivity index (χ3v) is 5.45. The van der Waals surface area contributed by atoms with Crippen molar-refractivity contribution in [2.45, 2.75) is 128 Å². The van der Waals surface area contributed by atoms with Crippen LogP contribution in [0.25, 0.3) is 0 Å². The van der Waals surface area contributed by atoms with E-state index in [0.29, 0.717) is 6.42 Å². The molecule has 1 aliphatic heterocycles. The van der Waals surface area contributed by atoms with Crippen LogP contribution in [-0.4, -0.2) is 52.5 Å². The summed E-state index contributed by atoms with van der Waals surface area (Å²) in [5.74, 6) is 0. The van der Waals surface area contributed by atoms with Crippen molar-refractivity contribution in [2.24, 2.45) is 0 Å². The van der Waals surface area contributed by atoms with Gasteiger partial charge >= 0.3 is 0 Å². The summed E-state index contributed by atoms with van der Waals surface area (Å²) in [7, 11) is 0. The minimum absolute atomic E-state index is 0.111. The second-order valence-corrected chi connectivity index (χ2v) is 7.95. The summed E-state index contributed by atoms with van der Waals surface area (Å²) >= 11 is 0. The molecule has 156 valence electrons. The van der Waals surface area contributed by atoms with E-state index in [4.69, 9.17) is 4.74 Å². The molecule has 4 N–H and O–H groups in total. The van der Waals surface area contributed by atoms with Crippen LogP contribution in [0, 0.1) is 0 Å². The van der Waals surface area contributed by atoms with E-state index in [1.165, 1.54) is 64.2 Å². The lowest BCUT2D eigenvalue weighted by atomic mass is 9.99. The van der Waals surface area contributed by atoms with Crippen molar-refractivity contribution in [3.8, 4) is 0 Å². The number of rotatable bonds is 18. The van der Waals surface area contributed by atoms with Gasteiger partial charge in [0.25, 0.3) is 0 Å². The highest BCUT2D eigenvalue weighted by Gasteiger charge is 2.38. The van der Waals surface area contributed by atoms with E-state index in [-0.39, 0.29) is 18.9 Å². The van der Waals surface area contributed by atoms with E-state index >= 15 is 0 Å². The first-order chi connectivity index (χ1) is 12.6. The maximum absolute atomic E-state index is 10.2. The van der Waals surface area contributed by atoms with Gasteiger partial charge in [0.1, 0.15) is 6.23 Å². The fourth-order valence-electron chi connectivity index (χ4n) is 3.46. The summed E-state index contributed by atoms with van der Waals surface area (Å²) in [6.45, 7) is 3.98. The fraction of sp³-hybridized carbons (Fsp3) is 1.00. The van der Waals surface area contributed by atoms with Crippen LogP contribution in [0.1, 0.15) is 97.3 Å². The van der Waals surface area contributed by atoms with Crippen molar-refractivity contribution in [1.29, 1.82) is 0 Å². The molecule has 1 rings (SSSR count). The highest BCUT2D eigenvalue weighted by Crippen LogP contribution is 2.20. The zero-order valence-electron chi connectivity index (χ0n) is 17.0. The van der Waals surface area contributed by atoms with Crippen molar-refractivity contribution in [2.75, 3.05) is 6.61 Å². The van der Waals surface area contributed by atoms with Gasteiger partial charge < -0.3 is 20.1 Å². The molecule has 0 aromatic rings. The molecule has 1 aliphatic rings. The lowest BCUT2D eigenvalue weighted by Crippen LogP contribution is -2.49. The Labute approximate surface area is 160 Å². The first-order valence-corrected chi connectivity index (χ1v) is 11.0. The molecule has 5 atom stereocenters. The standard InChI is InChI=1S/C21H43NO4/c1-3-4-5-6-7-8-9-10-11-12-13-14-15-19(24)20(25)18(16-23)22-21-17(2)26-21/h17-25H,3-16H2,1-2H3/t17?,18-,19+,20?,21?/m0/s1. The SMILES string of the molecule is CCCCCCCCCCCCCC[C@@H](O)C(O)[C@H](CO)NC1OC1C. The van der Waals surface area contributed by atoms with E-state index in [1.54, 1.807) is 0 Å². The van der Waals surface area contributed by atoms with Crippen LogP contribution in [0.15, 0.2) is 0 Å². The highest BCUT2D eigenvalue weighted by molar-refractivity contribution is 4.87. The maximum Gasteiger partial charge on any atom is 0.135 e. The van der Waals surface area contributed by atoms with Crippen LogP contribution in [0.5, 0.6) is 0 Å². The number of hydrogen-bond acceptors (Lipinski definition) is 5. The molecule has 5 nitrogen and oxygen atoms in total. The number of unbranched alkanes of at least 4 members (excludes halogenated alkanes) is 11. The summed E-state index contributed by atoms with van der Waals surface area (Å²) in [4.78, 5) is 0. The Morgan fingerprint density at radius 1 is 0.846 bits per heavy atom. The second kappa shape index (κ2) is 14.8. The molecule has 0 aromatic carbocycles. The van der Waals surface area contributed by atoms with Crippen molar-refractivity contribution in [3.05, 3.63) is 0 Å². The second-order valence-electron chi connectivity index (χ2n) is 7.95. The Bertz CT molecular complexity index is 329. The number of aliphatic hydroxyl groups excluding tert-OH is 3. The van der Waals surface area contributed by atoms with Crippen LogP contribution in [0.3, 0.4) is 0 Å². The molecule has 0 spiro atoms. The Balaban J connectivity index is 1.93. The minimum atomic E-state index is -0.955. The van der Waals surface area contributed by atoms with Crippen LogP contribution in [-0.2, 0) is 4.74 Å². The zero-order valence-corrected chi connectivity index (χ0v) is 17.0. The number of nitrogens with one attached hydrogen (secondary N) is 1. The number of ether oxygens (including phenoxy) is 1. The molecule has 1 heterocycles. The van der Waals surface area contributed by atoms with Gasteiger partial charge in [-0.05, 0) is 13.3 Å². The van der Waals surface area contributed by atoms with Crippen molar-refractivity contribution in [3.63, 3.8) is 0 Å². The summed E-state index contributed by atoms with van der Waals surface area (Å²) in [6.07, 6.45) is 14.2. The van der Waals surface area contributed by atoms with Gasteiger partial charge in [-0.2, -0.15) is 0 Å². The molecule has 0 radical (unpaired) electrons. The molecule has 26 heavy (non-hydrogen) atoms. The Morgan fingerprint density at radius 2 is 1.31 bits per heavy atom. The van der Waals surface area contributed by atoms with Gasteiger partial charge in [0.15, 0.2) is 0 Å². The van der Waals surface area contributed by atoms with E-state index < -0.39 is 18.2 Å². The molecule has 0 saturated carbocycles. The zero-order chi connectivity index (χ0) is 19.2. The average Bonchev–Trinajstić information content (AvgIpc) is 3.34. The number of hydrogen-bond donors (Lipinski definition) is 4. The highest BCUT2D eigenvalue weighted by atomic mass is 16.6. The first kappa shape index (κ1) is 23.8. The number of aliphatic hydroxyl groups is 3. The topological polar surface area (TPSA) is 85.2 Å². The van der Waals surface area contributed by atoms with E-state index in [2.05, 4.69) is 12.2 Å². The van der Waals surface area contributed by atoms with Crippen LogP contribution >= 0.6 is 0 Å². The van der Waals surface area contributed by atoms with Gasteiger partial charge in [-0.15, -0.1) is 0 Å². The van der Waals surface area contributed by atoms with Crippen molar-refractivity contribution in [1.82, 2.24) is 5.32 Å². The largest absolute Gasteiger partial charge is 0.395 e. The third kappa shape index (κ3) is 10.8. The molecular weight excluding hydrogens is 330 g/mol. The van der Waals surface area contributed by atoms with Crippen LogP contribution in [0.2, 0.25) is 0 Å². The van der Waals surface area contributed by atoms with Gasteiger partial charge in [0.2, 0.25) is 0 Å². The van der Waals surface area contributed by atoms with Crippen molar-refractivity contribution < 1.29 is 20.1 Å². The van der Waals surface area contributed by atoms with Gasteiger partial charge in [0.05, 0.1) is 31.0 Å². The smallest absolute Gasteiger partial charge is 0.135 e. The molecule has 0 bridgehead atoms.